The quantitative estimate of drug-likeness (QED) is 0.705. The first-order valence-corrected chi connectivity index (χ1v) is 10.9. The maximum absolute atomic E-state index is 13.0. The fourth-order valence-corrected chi connectivity index (χ4v) is 4.14. The Morgan fingerprint density at radius 1 is 1.10 bits per heavy atom. The van der Waals surface area contributed by atoms with Crippen molar-refractivity contribution in [3.8, 4) is 17.2 Å². The molecule has 0 unspecified atom stereocenters. The second kappa shape index (κ2) is 8.19. The molecular formula is C20H19BrN4O4S. The second-order valence-corrected chi connectivity index (χ2v) is 8.09. The Labute approximate surface area is 185 Å². The van der Waals surface area contributed by atoms with Gasteiger partial charge in [0.05, 0.1) is 26.7 Å². The lowest BCUT2D eigenvalue weighted by Crippen LogP contribution is -2.50. The van der Waals surface area contributed by atoms with E-state index in [1.807, 2.05) is 36.6 Å². The largest absolute Gasteiger partial charge is 0.493 e. The minimum atomic E-state index is -0.587. The van der Waals surface area contributed by atoms with Crippen molar-refractivity contribution in [3.05, 3.63) is 50.9 Å². The number of hydrazone groups is 1. The Balaban J connectivity index is 1.99. The van der Waals surface area contributed by atoms with Crippen molar-refractivity contribution in [3.63, 3.8) is 0 Å². The molecule has 10 heteroatoms. The maximum atomic E-state index is 13.0. The molecule has 0 saturated carbocycles. The third kappa shape index (κ3) is 3.39. The lowest BCUT2D eigenvalue weighted by atomic mass is 10.1. The van der Waals surface area contributed by atoms with Crippen LogP contribution in [0.25, 0.3) is 5.70 Å². The highest BCUT2D eigenvalue weighted by Crippen LogP contribution is 2.42. The molecule has 0 aromatic heterocycles. The fourth-order valence-electron chi connectivity index (χ4n) is 3.41. The molecule has 4 rings (SSSR count). The van der Waals surface area contributed by atoms with Crippen LogP contribution in [0.3, 0.4) is 0 Å². The topological polar surface area (TPSA) is 84.8 Å². The minimum Gasteiger partial charge on any atom is -0.493 e. The van der Waals surface area contributed by atoms with E-state index >= 15 is 0 Å². The van der Waals surface area contributed by atoms with E-state index in [9.17, 15) is 4.79 Å². The van der Waals surface area contributed by atoms with E-state index in [0.29, 0.717) is 38.7 Å². The summed E-state index contributed by atoms with van der Waals surface area (Å²) in [6.45, 7) is 0. The van der Waals surface area contributed by atoms with Gasteiger partial charge in [-0.15, -0.1) is 5.10 Å². The Hall–Kier alpha value is -2.72. The van der Waals surface area contributed by atoms with Crippen molar-refractivity contribution in [2.75, 3.05) is 27.6 Å². The molecular weight excluding hydrogens is 472 g/mol. The number of amides is 1. The van der Waals surface area contributed by atoms with Crippen molar-refractivity contribution >= 4 is 44.5 Å². The van der Waals surface area contributed by atoms with Crippen LogP contribution in [0.2, 0.25) is 0 Å². The smallest absolute Gasteiger partial charge is 0.276 e. The molecule has 0 radical (unpaired) electrons. The molecule has 2 heterocycles. The predicted molar refractivity (Wildman–Crippen MR) is 118 cm³/mol. The van der Waals surface area contributed by atoms with E-state index < -0.39 is 6.17 Å². The molecule has 1 N–H and O–H groups in total. The molecule has 2 aromatic carbocycles. The molecule has 0 aliphatic carbocycles. The molecule has 2 aliphatic heterocycles. The number of ether oxygens (including phenoxy) is 3. The van der Waals surface area contributed by atoms with Crippen LogP contribution in [0, 0.1) is 0 Å². The van der Waals surface area contributed by atoms with E-state index in [-0.39, 0.29) is 5.91 Å². The van der Waals surface area contributed by atoms with Gasteiger partial charge in [0.2, 0.25) is 5.75 Å². The minimum absolute atomic E-state index is 0.235. The first-order valence-electron chi connectivity index (χ1n) is 8.91. The summed E-state index contributed by atoms with van der Waals surface area (Å²) in [5.74, 6) is 1.25. The Bertz CT molecular complexity index is 1160. The van der Waals surface area contributed by atoms with Crippen LogP contribution < -0.4 is 30.1 Å². The number of methoxy groups -OCH3 is 3. The van der Waals surface area contributed by atoms with Gasteiger partial charge >= 0.3 is 0 Å². The summed E-state index contributed by atoms with van der Waals surface area (Å²) in [4.78, 5) is 17.9. The molecule has 8 nitrogen and oxygen atoms in total. The van der Waals surface area contributed by atoms with Gasteiger partial charge in [0, 0.05) is 15.3 Å². The number of thioether (sulfide) groups is 1. The molecule has 1 atom stereocenters. The van der Waals surface area contributed by atoms with Gasteiger partial charge in [0.25, 0.3) is 5.91 Å². The van der Waals surface area contributed by atoms with Crippen LogP contribution >= 0.6 is 27.7 Å². The van der Waals surface area contributed by atoms with E-state index in [4.69, 9.17) is 19.2 Å². The molecule has 0 bridgehead atoms. The second-order valence-electron chi connectivity index (χ2n) is 6.38. The van der Waals surface area contributed by atoms with E-state index in [0.717, 1.165) is 10.0 Å². The van der Waals surface area contributed by atoms with Crippen LogP contribution in [0.5, 0.6) is 17.2 Å². The third-order valence-corrected chi connectivity index (χ3v) is 5.81. The molecule has 2 aromatic rings. The van der Waals surface area contributed by atoms with E-state index in [2.05, 4.69) is 26.3 Å². The van der Waals surface area contributed by atoms with Gasteiger partial charge in [0.1, 0.15) is 5.70 Å². The number of nitrogens with zero attached hydrogens (tertiary/aromatic N) is 3. The molecule has 30 heavy (non-hydrogen) atoms. The van der Waals surface area contributed by atoms with Gasteiger partial charge < -0.3 is 14.2 Å². The van der Waals surface area contributed by atoms with Crippen molar-refractivity contribution in [2.45, 2.75) is 6.17 Å². The highest BCUT2D eigenvalue weighted by molar-refractivity contribution is 9.10. The number of nitrogens with one attached hydrogen (secondary N) is 1. The summed E-state index contributed by atoms with van der Waals surface area (Å²) in [7, 11) is 4.67. The van der Waals surface area contributed by atoms with Crippen molar-refractivity contribution in [2.24, 2.45) is 10.1 Å². The standard InChI is InChI=1S/C20H19BrN4O4S/c1-27-14-7-10(8-15(28-2)17(14)29-3)18-22-13-6-5-11(21)9-12(13)16-19(26)23-20(30-4)24-25(16)18/h5-9,18H,1-4H3,(H,23,24,26)/t18-/m1/s1. The van der Waals surface area contributed by atoms with Crippen molar-refractivity contribution in [1.82, 2.24) is 10.3 Å². The number of halogens is 1. The summed E-state index contributed by atoms with van der Waals surface area (Å²) < 4.78 is 17.3. The van der Waals surface area contributed by atoms with Crippen LogP contribution in [0.15, 0.2) is 44.9 Å². The molecule has 1 amide bonds. The number of carbonyl (C=O) groups is 1. The van der Waals surface area contributed by atoms with Gasteiger partial charge in [-0.3, -0.25) is 15.1 Å². The Morgan fingerprint density at radius 3 is 2.40 bits per heavy atom. The first kappa shape index (κ1) is 20.5. The van der Waals surface area contributed by atoms with Crippen LogP contribution in [0.4, 0.5) is 0 Å². The zero-order valence-electron chi connectivity index (χ0n) is 16.7. The van der Waals surface area contributed by atoms with Crippen LogP contribution in [-0.2, 0) is 4.79 Å². The number of hydrogen-bond acceptors (Lipinski definition) is 8. The van der Waals surface area contributed by atoms with Crippen LogP contribution in [0.1, 0.15) is 11.7 Å². The molecule has 2 aliphatic rings. The third-order valence-electron chi connectivity index (χ3n) is 4.75. The Morgan fingerprint density at radius 2 is 1.80 bits per heavy atom. The zero-order chi connectivity index (χ0) is 21.4. The zero-order valence-corrected chi connectivity index (χ0v) is 19.1. The van der Waals surface area contributed by atoms with Gasteiger partial charge in [-0.1, -0.05) is 27.7 Å². The monoisotopic (exact) mass is 490 g/mol. The van der Waals surface area contributed by atoms with Gasteiger partial charge in [-0.25, -0.2) is 5.01 Å². The fraction of sp³-hybridized carbons (Fsp3) is 0.250. The number of amidine groups is 1. The number of fused-ring (bicyclic) bond motifs is 2. The number of benzene rings is 2. The Kier molecular flexibility index (Phi) is 5.61. The van der Waals surface area contributed by atoms with Crippen molar-refractivity contribution in [1.29, 1.82) is 0 Å². The van der Waals surface area contributed by atoms with E-state index in [1.165, 1.54) is 11.8 Å². The van der Waals surface area contributed by atoms with Gasteiger partial charge in [-0.05, 0) is 36.6 Å². The maximum Gasteiger partial charge on any atom is 0.276 e. The summed E-state index contributed by atoms with van der Waals surface area (Å²) in [6.07, 6.45) is 1.26. The first-order chi connectivity index (χ1) is 14.5. The highest BCUT2D eigenvalue weighted by atomic mass is 79.9. The summed E-state index contributed by atoms with van der Waals surface area (Å²) in [5.41, 5.74) is 1.17. The lowest BCUT2D eigenvalue weighted by molar-refractivity contribution is -0.116. The average molecular weight is 491 g/mol. The predicted octanol–water partition coefficient (Wildman–Crippen LogP) is 1.98. The summed E-state index contributed by atoms with van der Waals surface area (Å²) in [5, 5.41) is 11.0. The average Bonchev–Trinajstić information content (AvgIpc) is 2.76. The number of rotatable bonds is 4. The summed E-state index contributed by atoms with van der Waals surface area (Å²) in [6, 6.07) is 9.26. The van der Waals surface area contributed by atoms with Crippen molar-refractivity contribution < 1.29 is 19.0 Å². The van der Waals surface area contributed by atoms with E-state index in [1.54, 1.807) is 26.3 Å². The lowest BCUT2D eigenvalue weighted by Gasteiger charge is -2.34. The molecule has 0 fully saturated rings. The molecule has 0 spiro atoms. The summed E-state index contributed by atoms with van der Waals surface area (Å²) >= 11 is 4.83. The molecule has 0 saturated heterocycles. The van der Waals surface area contributed by atoms with Gasteiger partial charge in [0.15, 0.2) is 22.8 Å². The normalized spacial score (nSPS) is 17.3. The molecule has 156 valence electrons. The highest BCUT2D eigenvalue weighted by Gasteiger charge is 2.35. The van der Waals surface area contributed by atoms with Crippen LogP contribution in [-0.4, -0.2) is 43.7 Å². The SMILES string of the molecule is COc1cc([C@@H]2N=c3ccc(Br)cc3=C3C(=O)NC(SC)=NN32)cc(OC)c1OC. The number of carbonyl (C=O) groups excluding carboxylic acids is 1. The number of hydrogen-bond donors (Lipinski definition) is 1. The van der Waals surface area contributed by atoms with Gasteiger partial charge in [-0.2, -0.15) is 0 Å².